The van der Waals surface area contributed by atoms with E-state index in [1.54, 1.807) is 4.31 Å². The van der Waals surface area contributed by atoms with Crippen LogP contribution in [0.4, 0.5) is 16.3 Å². The Hall–Kier alpha value is -2.76. The number of benzene rings is 1. The summed E-state index contributed by atoms with van der Waals surface area (Å²) in [6.45, 7) is 9.02. The van der Waals surface area contributed by atoms with E-state index in [-0.39, 0.29) is 24.4 Å². The van der Waals surface area contributed by atoms with Crippen molar-refractivity contribution in [2.24, 2.45) is 0 Å². The summed E-state index contributed by atoms with van der Waals surface area (Å²) >= 11 is 0. The van der Waals surface area contributed by atoms with Gasteiger partial charge in [0.15, 0.2) is 5.82 Å². The van der Waals surface area contributed by atoms with Crippen LogP contribution in [0.1, 0.15) is 38.4 Å². The minimum absolute atomic E-state index is 0.133. The number of carbonyl (C=O) groups is 1. The van der Waals surface area contributed by atoms with Crippen molar-refractivity contribution in [3.05, 3.63) is 35.5 Å². The number of sulfonamides is 1. The molecular weight excluding hydrogens is 468 g/mol. The molecule has 1 aromatic heterocycles. The van der Waals surface area contributed by atoms with Crippen LogP contribution in [0.5, 0.6) is 0 Å². The van der Waals surface area contributed by atoms with Crippen LogP contribution in [0.25, 0.3) is 11.4 Å². The van der Waals surface area contributed by atoms with E-state index in [1.807, 2.05) is 38.1 Å². The molecule has 0 radical (unpaired) electrons. The molecule has 0 unspecified atom stereocenters. The van der Waals surface area contributed by atoms with Gasteiger partial charge >= 0.3 is 6.03 Å². The first-order valence-electron chi connectivity index (χ1n) is 12.2. The topological polar surface area (TPSA) is 117 Å². The van der Waals surface area contributed by atoms with E-state index in [0.717, 1.165) is 29.2 Å². The molecule has 0 aliphatic carbocycles. The Morgan fingerprint density at radius 1 is 1.17 bits per heavy atom. The largest absolute Gasteiger partial charge is 0.377 e. The van der Waals surface area contributed by atoms with Gasteiger partial charge in [0.1, 0.15) is 5.82 Å². The molecule has 35 heavy (non-hydrogen) atoms. The number of fused-ring (bicyclic) bond motifs is 1. The lowest BCUT2D eigenvalue weighted by atomic mass is 10.0. The number of nitrogens with zero attached hydrogens (tertiary/aromatic N) is 4. The van der Waals surface area contributed by atoms with Gasteiger partial charge in [0.2, 0.25) is 10.0 Å². The lowest BCUT2D eigenvalue weighted by molar-refractivity contribution is 0.0984. The lowest BCUT2D eigenvalue weighted by Crippen LogP contribution is -2.46. The van der Waals surface area contributed by atoms with Crippen LogP contribution in [0.3, 0.4) is 0 Å². The van der Waals surface area contributed by atoms with Crippen molar-refractivity contribution in [3.63, 3.8) is 0 Å². The fourth-order valence-corrected chi connectivity index (χ4v) is 5.92. The molecule has 11 heteroatoms. The number of amides is 2. The van der Waals surface area contributed by atoms with Crippen LogP contribution in [-0.4, -0.2) is 73.4 Å². The van der Waals surface area contributed by atoms with Crippen molar-refractivity contribution < 1.29 is 17.9 Å². The number of hydrogen-bond donors (Lipinski definition) is 2. The van der Waals surface area contributed by atoms with Crippen molar-refractivity contribution in [2.75, 3.05) is 48.8 Å². The Bertz CT molecular complexity index is 1160. The zero-order chi connectivity index (χ0) is 25.0. The number of ether oxygens (including phenoxy) is 1. The van der Waals surface area contributed by atoms with E-state index in [2.05, 4.69) is 22.5 Å². The molecule has 0 saturated carbocycles. The third kappa shape index (κ3) is 5.74. The van der Waals surface area contributed by atoms with E-state index in [4.69, 9.17) is 14.7 Å². The van der Waals surface area contributed by atoms with Crippen molar-refractivity contribution in [2.45, 2.75) is 46.2 Å². The third-order valence-corrected chi connectivity index (χ3v) is 8.26. The van der Waals surface area contributed by atoms with Gasteiger partial charge in [-0.15, -0.1) is 0 Å². The zero-order valence-electron chi connectivity index (χ0n) is 20.6. The standard InChI is InChI=1S/C24H34N6O4S/c1-4-14-35(32,33)29-11-10-20-21(15-29)27-22(28-23(20)30-12-13-34-16-17(30)3)18-6-8-19(9-7-18)26-24(31)25-5-2/h6-9,17H,4-5,10-16H2,1-3H3,(H2,25,26,31)/t17-/m0/s1. The van der Waals surface area contributed by atoms with E-state index in [1.165, 1.54) is 0 Å². The second-order valence-electron chi connectivity index (χ2n) is 8.87. The van der Waals surface area contributed by atoms with Crippen LogP contribution in [0.2, 0.25) is 0 Å². The van der Waals surface area contributed by atoms with Crippen LogP contribution < -0.4 is 15.5 Å². The average Bonchev–Trinajstić information content (AvgIpc) is 2.84. The monoisotopic (exact) mass is 502 g/mol. The molecule has 1 atom stereocenters. The van der Waals surface area contributed by atoms with Crippen LogP contribution in [-0.2, 0) is 27.7 Å². The normalized spacial score (nSPS) is 18.7. The number of urea groups is 1. The van der Waals surface area contributed by atoms with Gasteiger partial charge < -0.3 is 20.3 Å². The highest BCUT2D eigenvalue weighted by Crippen LogP contribution is 2.32. The fraction of sp³-hybridized carbons (Fsp3) is 0.542. The number of hydrogen-bond acceptors (Lipinski definition) is 7. The van der Waals surface area contributed by atoms with Crippen LogP contribution in [0, 0.1) is 0 Å². The smallest absolute Gasteiger partial charge is 0.319 e. The minimum atomic E-state index is -3.33. The Balaban J connectivity index is 1.70. The highest BCUT2D eigenvalue weighted by atomic mass is 32.2. The summed E-state index contributed by atoms with van der Waals surface area (Å²) in [6.07, 6.45) is 1.15. The first kappa shape index (κ1) is 25.3. The van der Waals surface area contributed by atoms with Crippen molar-refractivity contribution >= 4 is 27.6 Å². The van der Waals surface area contributed by atoms with Gasteiger partial charge in [0.05, 0.1) is 37.2 Å². The molecule has 0 spiro atoms. The number of morpholine rings is 1. The Labute approximate surface area is 207 Å². The maximum atomic E-state index is 12.8. The Morgan fingerprint density at radius 3 is 2.63 bits per heavy atom. The van der Waals surface area contributed by atoms with Gasteiger partial charge in [-0.2, -0.15) is 4.31 Å². The molecular formula is C24H34N6O4S. The highest BCUT2D eigenvalue weighted by Gasteiger charge is 2.32. The summed E-state index contributed by atoms with van der Waals surface area (Å²) in [6, 6.07) is 7.24. The third-order valence-electron chi connectivity index (χ3n) is 6.24. The molecule has 3 heterocycles. The van der Waals surface area contributed by atoms with Gasteiger partial charge in [0.25, 0.3) is 0 Å². The van der Waals surface area contributed by atoms with Gasteiger partial charge in [-0.25, -0.2) is 23.2 Å². The van der Waals surface area contributed by atoms with Crippen LogP contribution >= 0.6 is 0 Å². The predicted octanol–water partition coefficient (Wildman–Crippen LogP) is 2.61. The molecule has 1 fully saturated rings. The molecule has 0 bridgehead atoms. The maximum absolute atomic E-state index is 12.8. The lowest BCUT2D eigenvalue weighted by Gasteiger charge is -2.37. The number of anilines is 2. The second kappa shape index (κ2) is 10.9. The predicted molar refractivity (Wildman–Crippen MR) is 136 cm³/mol. The number of nitrogens with one attached hydrogen (secondary N) is 2. The highest BCUT2D eigenvalue weighted by molar-refractivity contribution is 7.89. The first-order chi connectivity index (χ1) is 16.8. The SMILES string of the molecule is CCCS(=O)(=O)N1CCc2c(nc(-c3ccc(NC(=O)NCC)cc3)nc2N2CCOC[C@@H]2C)C1. The Kier molecular flexibility index (Phi) is 7.88. The van der Waals surface area contributed by atoms with Crippen molar-refractivity contribution in [3.8, 4) is 11.4 Å². The maximum Gasteiger partial charge on any atom is 0.319 e. The van der Waals surface area contributed by atoms with E-state index >= 15 is 0 Å². The average molecular weight is 503 g/mol. The molecule has 1 saturated heterocycles. The van der Waals surface area contributed by atoms with Gasteiger partial charge in [-0.1, -0.05) is 6.92 Å². The quantitative estimate of drug-likeness (QED) is 0.598. The number of aromatic nitrogens is 2. The van der Waals surface area contributed by atoms with Gasteiger partial charge in [-0.05, 0) is 51.0 Å². The molecule has 2 aliphatic heterocycles. The summed E-state index contributed by atoms with van der Waals surface area (Å²) in [5.41, 5.74) is 3.22. The van der Waals surface area contributed by atoms with Crippen molar-refractivity contribution in [1.29, 1.82) is 0 Å². The molecule has 4 rings (SSSR count). The molecule has 2 aromatic rings. The summed E-state index contributed by atoms with van der Waals surface area (Å²) in [5, 5.41) is 5.49. The van der Waals surface area contributed by atoms with E-state index < -0.39 is 10.0 Å². The number of rotatable bonds is 7. The van der Waals surface area contributed by atoms with E-state index in [9.17, 15) is 13.2 Å². The van der Waals surface area contributed by atoms with E-state index in [0.29, 0.717) is 50.7 Å². The first-order valence-corrected chi connectivity index (χ1v) is 13.8. The molecule has 2 aliphatic rings. The van der Waals surface area contributed by atoms with Crippen LogP contribution in [0.15, 0.2) is 24.3 Å². The number of carbonyl (C=O) groups excluding carboxylic acids is 1. The molecule has 1 aromatic carbocycles. The minimum Gasteiger partial charge on any atom is -0.377 e. The van der Waals surface area contributed by atoms with Gasteiger partial charge in [-0.3, -0.25) is 0 Å². The molecule has 2 N–H and O–H groups in total. The molecule has 2 amide bonds. The summed E-state index contributed by atoms with van der Waals surface area (Å²) in [7, 11) is -3.33. The summed E-state index contributed by atoms with van der Waals surface area (Å²) < 4.78 is 32.7. The zero-order valence-corrected chi connectivity index (χ0v) is 21.4. The van der Waals surface area contributed by atoms with Crippen molar-refractivity contribution in [1.82, 2.24) is 19.6 Å². The molecule has 10 nitrogen and oxygen atoms in total. The second-order valence-corrected chi connectivity index (χ2v) is 11.0. The Morgan fingerprint density at radius 2 is 1.94 bits per heavy atom. The summed E-state index contributed by atoms with van der Waals surface area (Å²) in [4.78, 5) is 23.9. The molecule has 190 valence electrons. The fourth-order valence-electron chi connectivity index (χ4n) is 4.46. The summed E-state index contributed by atoms with van der Waals surface area (Å²) in [5.74, 6) is 1.53. The van der Waals surface area contributed by atoms with Gasteiger partial charge in [0, 0.05) is 36.4 Å².